The SMILES string of the molecule is Cc1oc(CNC(=O)c2nccc3ccccc23)nc1C(=O)N1CCC(C)CC1. The quantitative estimate of drug-likeness (QED) is 0.736. The van der Waals surface area contributed by atoms with Gasteiger partial charge in [0.25, 0.3) is 11.8 Å². The lowest BCUT2D eigenvalue weighted by atomic mass is 9.99. The Morgan fingerprint density at radius 1 is 1.17 bits per heavy atom. The van der Waals surface area contributed by atoms with E-state index in [1.165, 1.54) is 0 Å². The number of nitrogens with zero attached hydrogens (tertiary/aromatic N) is 3. The molecule has 2 aromatic heterocycles. The van der Waals surface area contributed by atoms with Gasteiger partial charge in [-0.1, -0.05) is 31.2 Å². The topological polar surface area (TPSA) is 88.3 Å². The average molecular weight is 392 g/mol. The normalized spacial score (nSPS) is 14.9. The number of carbonyl (C=O) groups is 2. The van der Waals surface area contributed by atoms with Gasteiger partial charge < -0.3 is 14.6 Å². The van der Waals surface area contributed by atoms with E-state index < -0.39 is 0 Å². The number of carbonyl (C=O) groups excluding carboxylic acids is 2. The van der Waals surface area contributed by atoms with Crippen molar-refractivity contribution in [1.29, 1.82) is 0 Å². The molecule has 3 aromatic rings. The molecule has 2 amide bonds. The van der Waals surface area contributed by atoms with Crippen LogP contribution in [0.25, 0.3) is 10.8 Å². The van der Waals surface area contributed by atoms with Crippen LogP contribution in [0.2, 0.25) is 0 Å². The monoisotopic (exact) mass is 392 g/mol. The molecular weight excluding hydrogens is 368 g/mol. The van der Waals surface area contributed by atoms with Gasteiger partial charge >= 0.3 is 0 Å². The summed E-state index contributed by atoms with van der Waals surface area (Å²) in [6.07, 6.45) is 3.62. The highest BCUT2D eigenvalue weighted by Crippen LogP contribution is 2.20. The first-order valence-electron chi connectivity index (χ1n) is 9.90. The van der Waals surface area contributed by atoms with Gasteiger partial charge in [-0.05, 0) is 37.1 Å². The molecule has 0 unspecified atom stereocenters. The lowest BCUT2D eigenvalue weighted by Crippen LogP contribution is -2.38. The van der Waals surface area contributed by atoms with Gasteiger partial charge in [0.15, 0.2) is 5.69 Å². The van der Waals surface area contributed by atoms with Crippen LogP contribution in [0.1, 0.15) is 52.4 Å². The molecule has 0 bridgehead atoms. The van der Waals surface area contributed by atoms with Crippen LogP contribution in [0, 0.1) is 12.8 Å². The molecule has 0 atom stereocenters. The second-order valence-corrected chi connectivity index (χ2v) is 7.55. The second kappa shape index (κ2) is 8.03. The molecule has 1 aromatic carbocycles. The average Bonchev–Trinajstić information content (AvgIpc) is 3.12. The number of rotatable bonds is 4. The number of hydrogen-bond donors (Lipinski definition) is 1. The molecule has 0 aliphatic carbocycles. The molecule has 0 saturated carbocycles. The van der Waals surface area contributed by atoms with E-state index in [0.717, 1.165) is 36.7 Å². The third-order valence-electron chi connectivity index (χ3n) is 5.40. The second-order valence-electron chi connectivity index (χ2n) is 7.55. The maximum Gasteiger partial charge on any atom is 0.276 e. The number of piperidine rings is 1. The minimum atomic E-state index is -0.310. The fourth-order valence-electron chi connectivity index (χ4n) is 3.63. The summed E-state index contributed by atoms with van der Waals surface area (Å²) in [4.78, 5) is 35.7. The number of likely N-dealkylation sites (tertiary alicyclic amines) is 1. The van der Waals surface area contributed by atoms with Crippen molar-refractivity contribution in [2.24, 2.45) is 5.92 Å². The molecular formula is C22H24N4O3. The van der Waals surface area contributed by atoms with E-state index in [1.54, 1.807) is 13.1 Å². The minimum Gasteiger partial charge on any atom is -0.443 e. The number of fused-ring (bicyclic) bond motifs is 1. The molecule has 1 saturated heterocycles. The van der Waals surface area contributed by atoms with Crippen molar-refractivity contribution in [3.63, 3.8) is 0 Å². The molecule has 1 N–H and O–H groups in total. The maximum atomic E-state index is 12.8. The Hall–Kier alpha value is -3.22. The number of nitrogens with one attached hydrogen (secondary N) is 1. The number of benzene rings is 1. The summed E-state index contributed by atoms with van der Waals surface area (Å²) in [5, 5.41) is 4.52. The predicted molar refractivity (Wildman–Crippen MR) is 108 cm³/mol. The summed E-state index contributed by atoms with van der Waals surface area (Å²) >= 11 is 0. The van der Waals surface area contributed by atoms with Gasteiger partial charge in [0, 0.05) is 24.7 Å². The van der Waals surface area contributed by atoms with Crippen LogP contribution in [0.5, 0.6) is 0 Å². The summed E-state index contributed by atoms with van der Waals surface area (Å²) < 4.78 is 5.63. The lowest BCUT2D eigenvalue weighted by Gasteiger charge is -2.29. The highest BCUT2D eigenvalue weighted by atomic mass is 16.4. The zero-order valence-corrected chi connectivity index (χ0v) is 16.6. The van der Waals surface area contributed by atoms with Crippen LogP contribution >= 0.6 is 0 Å². The number of aryl methyl sites for hydroxylation is 1. The highest BCUT2D eigenvalue weighted by molar-refractivity contribution is 6.05. The molecule has 7 heteroatoms. The Balaban J connectivity index is 1.44. The van der Waals surface area contributed by atoms with Crippen LogP contribution in [-0.2, 0) is 6.54 Å². The van der Waals surface area contributed by atoms with E-state index in [-0.39, 0.29) is 18.4 Å². The molecule has 1 aliphatic rings. The number of amides is 2. The molecule has 0 radical (unpaired) electrons. The molecule has 0 spiro atoms. The minimum absolute atomic E-state index is 0.0922. The predicted octanol–water partition coefficient (Wildman–Crippen LogP) is 3.33. The van der Waals surface area contributed by atoms with E-state index in [2.05, 4.69) is 22.2 Å². The van der Waals surface area contributed by atoms with Gasteiger partial charge in [-0.2, -0.15) is 0 Å². The van der Waals surface area contributed by atoms with Gasteiger partial charge in [0.05, 0.1) is 6.54 Å². The Morgan fingerprint density at radius 2 is 1.93 bits per heavy atom. The molecule has 4 rings (SSSR count). The largest absolute Gasteiger partial charge is 0.443 e. The maximum absolute atomic E-state index is 12.8. The Labute approximate surface area is 169 Å². The van der Waals surface area contributed by atoms with Crippen molar-refractivity contribution >= 4 is 22.6 Å². The van der Waals surface area contributed by atoms with E-state index in [9.17, 15) is 9.59 Å². The van der Waals surface area contributed by atoms with Crippen LogP contribution in [0.4, 0.5) is 0 Å². The fourth-order valence-corrected chi connectivity index (χ4v) is 3.63. The van der Waals surface area contributed by atoms with Gasteiger partial charge in [-0.3, -0.25) is 14.6 Å². The highest BCUT2D eigenvalue weighted by Gasteiger charge is 2.26. The van der Waals surface area contributed by atoms with E-state index in [1.807, 2.05) is 35.2 Å². The van der Waals surface area contributed by atoms with Crippen LogP contribution in [0.15, 0.2) is 40.9 Å². The molecule has 29 heavy (non-hydrogen) atoms. The van der Waals surface area contributed by atoms with Gasteiger partial charge in [0.1, 0.15) is 11.5 Å². The van der Waals surface area contributed by atoms with Crippen molar-refractivity contribution < 1.29 is 14.0 Å². The standard InChI is InChI=1S/C22H24N4O3/c1-14-8-11-26(12-9-14)22(28)19-15(2)29-18(25-19)13-24-21(27)20-17-6-4-3-5-16(17)7-10-23-20/h3-7,10,14H,8-9,11-13H2,1-2H3,(H,24,27). The third kappa shape index (κ3) is 3.99. The zero-order chi connectivity index (χ0) is 20.4. The first-order valence-corrected chi connectivity index (χ1v) is 9.90. The van der Waals surface area contributed by atoms with E-state index in [4.69, 9.17) is 4.42 Å². The van der Waals surface area contributed by atoms with Crippen molar-refractivity contribution in [2.45, 2.75) is 33.2 Å². The van der Waals surface area contributed by atoms with E-state index >= 15 is 0 Å². The van der Waals surface area contributed by atoms with Crippen molar-refractivity contribution in [1.82, 2.24) is 20.2 Å². The molecule has 1 fully saturated rings. The number of oxazole rings is 1. The van der Waals surface area contributed by atoms with Gasteiger partial charge in [-0.15, -0.1) is 0 Å². The Kier molecular flexibility index (Phi) is 5.29. The summed E-state index contributed by atoms with van der Waals surface area (Å²) in [5.74, 6) is 1.01. The first-order chi connectivity index (χ1) is 14.0. The number of aromatic nitrogens is 2. The summed E-state index contributed by atoms with van der Waals surface area (Å²) in [6, 6.07) is 9.45. The fraction of sp³-hybridized carbons (Fsp3) is 0.364. The number of pyridine rings is 1. The third-order valence-corrected chi connectivity index (χ3v) is 5.40. The zero-order valence-electron chi connectivity index (χ0n) is 16.6. The van der Waals surface area contributed by atoms with Crippen LogP contribution in [-0.4, -0.2) is 39.8 Å². The van der Waals surface area contributed by atoms with Crippen molar-refractivity contribution in [2.75, 3.05) is 13.1 Å². The molecule has 150 valence electrons. The smallest absolute Gasteiger partial charge is 0.276 e. The van der Waals surface area contributed by atoms with Gasteiger partial charge in [0.2, 0.25) is 5.89 Å². The Bertz CT molecular complexity index is 1050. The molecule has 1 aliphatic heterocycles. The van der Waals surface area contributed by atoms with Crippen molar-refractivity contribution in [3.8, 4) is 0 Å². The lowest BCUT2D eigenvalue weighted by molar-refractivity contribution is 0.0690. The van der Waals surface area contributed by atoms with Gasteiger partial charge in [-0.25, -0.2) is 4.98 Å². The molecule has 7 nitrogen and oxygen atoms in total. The van der Waals surface area contributed by atoms with Crippen LogP contribution in [0.3, 0.4) is 0 Å². The first kappa shape index (κ1) is 19.1. The van der Waals surface area contributed by atoms with E-state index in [0.29, 0.717) is 29.0 Å². The Morgan fingerprint density at radius 3 is 2.72 bits per heavy atom. The summed E-state index contributed by atoms with van der Waals surface area (Å²) in [5.41, 5.74) is 0.678. The van der Waals surface area contributed by atoms with Crippen LogP contribution < -0.4 is 5.32 Å². The van der Waals surface area contributed by atoms with Crippen molar-refractivity contribution in [3.05, 3.63) is 59.6 Å². The summed E-state index contributed by atoms with van der Waals surface area (Å²) in [7, 11) is 0. The number of hydrogen-bond acceptors (Lipinski definition) is 5. The molecule has 3 heterocycles. The summed E-state index contributed by atoms with van der Waals surface area (Å²) in [6.45, 7) is 5.50.